The number of likely N-dealkylation sites (tertiary alicyclic amines) is 1. The van der Waals surface area contributed by atoms with Gasteiger partial charge in [-0.1, -0.05) is 6.92 Å². The van der Waals surface area contributed by atoms with Crippen molar-refractivity contribution in [2.45, 2.75) is 71.1 Å². The minimum atomic E-state index is -0.122. The number of nitrogens with two attached hydrogens (primary N) is 1. The van der Waals surface area contributed by atoms with Crippen molar-refractivity contribution in [1.29, 1.82) is 0 Å². The lowest BCUT2D eigenvalue weighted by atomic mass is 9.88. The van der Waals surface area contributed by atoms with E-state index in [1.165, 1.54) is 17.7 Å². The number of aromatic nitrogens is 4. The number of rotatable bonds is 6. The number of ether oxygens (including phenoxy) is 1. The highest BCUT2D eigenvalue weighted by Gasteiger charge is 2.36. The first kappa shape index (κ1) is 26.2. The molecule has 5 rings (SSSR count). The average molecular weight is 592 g/mol. The van der Waals surface area contributed by atoms with Gasteiger partial charge in [0.1, 0.15) is 22.6 Å². The third-order valence-corrected chi connectivity index (χ3v) is 9.01. The van der Waals surface area contributed by atoms with Gasteiger partial charge in [-0.25, -0.2) is 14.5 Å². The summed E-state index contributed by atoms with van der Waals surface area (Å²) < 4.78 is 8.92. The van der Waals surface area contributed by atoms with Gasteiger partial charge in [0, 0.05) is 37.6 Å². The van der Waals surface area contributed by atoms with Gasteiger partial charge in [-0.3, -0.25) is 9.69 Å². The minimum absolute atomic E-state index is 0.0113. The van der Waals surface area contributed by atoms with Crippen LogP contribution in [-0.4, -0.2) is 74.3 Å². The summed E-state index contributed by atoms with van der Waals surface area (Å²) in [7, 11) is 0. The molecule has 0 bridgehead atoms. The van der Waals surface area contributed by atoms with Gasteiger partial charge >= 0.3 is 0 Å². The molecule has 0 saturated carbocycles. The maximum absolute atomic E-state index is 13.4. The number of halogens is 1. The molecule has 3 aromatic heterocycles. The molecule has 0 spiro atoms. The summed E-state index contributed by atoms with van der Waals surface area (Å²) in [6.45, 7) is 12.2. The molecule has 200 valence electrons. The molecule has 2 fully saturated rings. The monoisotopic (exact) mass is 590 g/mol. The van der Waals surface area contributed by atoms with Crippen LogP contribution >= 0.6 is 27.3 Å². The molecule has 3 aromatic rings. The number of hydrogen-bond acceptors (Lipinski definition) is 9. The van der Waals surface area contributed by atoms with Gasteiger partial charge in [-0.05, 0) is 68.6 Å². The summed E-state index contributed by atoms with van der Waals surface area (Å²) in [5.74, 6) is 0.769. The third kappa shape index (κ3) is 5.28. The van der Waals surface area contributed by atoms with Crippen LogP contribution in [0, 0.1) is 6.92 Å². The maximum atomic E-state index is 13.4. The summed E-state index contributed by atoms with van der Waals surface area (Å²) in [4.78, 5) is 27.5. The molecule has 2 atom stereocenters. The second kappa shape index (κ2) is 10.4. The SMILES string of the molecule is CCN1CCC(Oc2nc(C)sc2C(=O)N[C@@H]2CCCN(c3cc(Br)n4ncnc(N)c34)C2)CC1(C)C. The highest BCUT2D eigenvalue weighted by atomic mass is 79.9. The van der Waals surface area contributed by atoms with Crippen molar-refractivity contribution in [1.82, 2.24) is 29.8 Å². The van der Waals surface area contributed by atoms with Gasteiger partial charge in [0.2, 0.25) is 5.88 Å². The highest BCUT2D eigenvalue weighted by Crippen LogP contribution is 2.34. The summed E-state index contributed by atoms with van der Waals surface area (Å²) in [6.07, 6.45) is 5.18. The molecule has 0 radical (unpaired) electrons. The van der Waals surface area contributed by atoms with E-state index in [0.29, 0.717) is 23.1 Å². The van der Waals surface area contributed by atoms with Crippen molar-refractivity contribution in [2.75, 3.05) is 36.8 Å². The molecule has 1 amide bonds. The molecule has 3 N–H and O–H groups in total. The Morgan fingerprint density at radius 3 is 2.92 bits per heavy atom. The Kier molecular flexibility index (Phi) is 7.34. The number of nitrogen functional groups attached to an aromatic ring is 1. The molecular formula is C25H35BrN8O2S. The Morgan fingerprint density at radius 2 is 2.16 bits per heavy atom. The molecule has 0 aromatic carbocycles. The van der Waals surface area contributed by atoms with E-state index < -0.39 is 0 Å². The normalized spacial score (nSPS) is 22.4. The fourth-order valence-electron chi connectivity index (χ4n) is 5.68. The lowest BCUT2D eigenvalue weighted by molar-refractivity contribution is 0.0105. The summed E-state index contributed by atoms with van der Waals surface area (Å²) in [5, 5.41) is 8.38. The van der Waals surface area contributed by atoms with Gasteiger partial charge in [-0.15, -0.1) is 11.3 Å². The number of amides is 1. The summed E-state index contributed by atoms with van der Waals surface area (Å²) in [6, 6.07) is 2.00. The number of hydrogen-bond donors (Lipinski definition) is 2. The zero-order valence-electron chi connectivity index (χ0n) is 21.8. The summed E-state index contributed by atoms with van der Waals surface area (Å²) in [5.41, 5.74) is 7.98. The van der Waals surface area contributed by atoms with Crippen LogP contribution in [0.5, 0.6) is 5.88 Å². The number of piperidine rings is 2. The Bertz CT molecular complexity index is 1290. The topological polar surface area (TPSA) is 114 Å². The first-order chi connectivity index (χ1) is 17.7. The van der Waals surface area contributed by atoms with Crippen LogP contribution in [0.1, 0.15) is 61.1 Å². The fourth-order valence-corrected chi connectivity index (χ4v) is 6.93. The standard InChI is InChI=1S/C25H35BrN8O2S/c1-5-33-10-8-17(12-25(33,3)4)36-24-21(37-15(2)30-24)23(35)31-16-7-6-9-32(13-16)18-11-19(26)34-20(18)22(27)28-14-29-34/h11,14,16-17H,5-10,12-13H2,1-4H3,(H,31,35)(H2,27,28,29)/t16-,17?/m1/s1. The molecule has 0 aliphatic carbocycles. The van der Waals surface area contributed by atoms with Crippen molar-refractivity contribution in [3.8, 4) is 5.88 Å². The second-order valence-electron chi connectivity index (χ2n) is 10.5. The number of nitrogens with one attached hydrogen (secondary N) is 1. The van der Waals surface area contributed by atoms with Gasteiger partial charge in [0.05, 0.1) is 10.7 Å². The molecular weight excluding hydrogens is 556 g/mol. The largest absolute Gasteiger partial charge is 0.473 e. The van der Waals surface area contributed by atoms with Crippen LogP contribution in [0.25, 0.3) is 5.52 Å². The Balaban J connectivity index is 1.28. The third-order valence-electron chi connectivity index (χ3n) is 7.49. The smallest absolute Gasteiger partial charge is 0.267 e. The van der Waals surface area contributed by atoms with Crippen molar-refractivity contribution < 1.29 is 9.53 Å². The maximum Gasteiger partial charge on any atom is 0.267 e. The molecule has 5 heterocycles. The predicted octanol–water partition coefficient (Wildman–Crippen LogP) is 3.88. The number of carbonyl (C=O) groups excluding carboxylic acids is 1. The number of anilines is 2. The van der Waals surface area contributed by atoms with Crippen molar-refractivity contribution >= 4 is 50.2 Å². The number of fused-ring (bicyclic) bond motifs is 1. The Hall–Kier alpha value is -2.44. The van der Waals surface area contributed by atoms with E-state index >= 15 is 0 Å². The van der Waals surface area contributed by atoms with Crippen LogP contribution in [0.3, 0.4) is 0 Å². The minimum Gasteiger partial charge on any atom is -0.473 e. The zero-order valence-corrected chi connectivity index (χ0v) is 24.2. The van der Waals surface area contributed by atoms with E-state index in [-0.39, 0.29) is 23.6 Å². The van der Waals surface area contributed by atoms with E-state index in [2.05, 4.69) is 66.9 Å². The van der Waals surface area contributed by atoms with Gasteiger partial charge < -0.3 is 20.7 Å². The number of carbonyl (C=O) groups is 1. The first-order valence-corrected chi connectivity index (χ1v) is 14.5. The molecule has 2 aliphatic rings. The zero-order chi connectivity index (χ0) is 26.3. The van der Waals surface area contributed by atoms with E-state index in [4.69, 9.17) is 10.5 Å². The Labute approximate surface area is 229 Å². The Morgan fingerprint density at radius 1 is 1.35 bits per heavy atom. The van der Waals surface area contributed by atoms with Crippen molar-refractivity contribution in [2.24, 2.45) is 0 Å². The second-order valence-corrected chi connectivity index (χ2v) is 12.5. The molecule has 37 heavy (non-hydrogen) atoms. The van der Waals surface area contributed by atoms with Crippen LogP contribution in [0.2, 0.25) is 0 Å². The molecule has 2 aliphatic heterocycles. The molecule has 12 heteroatoms. The van der Waals surface area contributed by atoms with E-state index in [9.17, 15) is 4.79 Å². The van der Waals surface area contributed by atoms with Gasteiger partial charge in [0.25, 0.3) is 5.91 Å². The highest BCUT2D eigenvalue weighted by molar-refractivity contribution is 9.10. The van der Waals surface area contributed by atoms with Crippen LogP contribution < -0.4 is 20.7 Å². The predicted molar refractivity (Wildman–Crippen MR) is 150 cm³/mol. The number of nitrogens with zero attached hydrogens (tertiary/aromatic N) is 6. The van der Waals surface area contributed by atoms with E-state index in [1.807, 2.05) is 13.0 Å². The van der Waals surface area contributed by atoms with Crippen LogP contribution in [0.4, 0.5) is 11.5 Å². The average Bonchev–Trinajstić information content (AvgIpc) is 3.39. The molecule has 10 nitrogen and oxygen atoms in total. The van der Waals surface area contributed by atoms with E-state index in [0.717, 1.165) is 66.1 Å². The molecule has 1 unspecified atom stereocenters. The van der Waals surface area contributed by atoms with Gasteiger partial charge in [-0.2, -0.15) is 5.10 Å². The van der Waals surface area contributed by atoms with Gasteiger partial charge in [0.15, 0.2) is 10.7 Å². The quantitative estimate of drug-likeness (QED) is 0.444. The van der Waals surface area contributed by atoms with E-state index in [1.54, 1.807) is 4.52 Å². The molecule has 2 saturated heterocycles. The summed E-state index contributed by atoms with van der Waals surface area (Å²) >= 11 is 4.96. The lowest BCUT2D eigenvalue weighted by Crippen LogP contribution is -2.52. The fraction of sp³-hybridized carbons (Fsp3) is 0.600. The van der Waals surface area contributed by atoms with Crippen molar-refractivity contribution in [3.05, 3.63) is 26.9 Å². The number of aryl methyl sites for hydroxylation is 1. The van der Waals surface area contributed by atoms with Crippen LogP contribution in [0.15, 0.2) is 17.0 Å². The van der Waals surface area contributed by atoms with Crippen LogP contribution in [-0.2, 0) is 0 Å². The number of thiazole rings is 1. The lowest BCUT2D eigenvalue weighted by Gasteiger charge is -2.44. The van der Waals surface area contributed by atoms with Crippen molar-refractivity contribution in [3.63, 3.8) is 0 Å². The first-order valence-electron chi connectivity index (χ1n) is 12.9.